The molecule has 0 radical (unpaired) electrons. The molecule has 1 aliphatic rings. The molecule has 1 fully saturated rings. The van der Waals surface area contributed by atoms with E-state index in [0.717, 1.165) is 30.6 Å². The van der Waals surface area contributed by atoms with Crippen LogP contribution >= 0.6 is 11.8 Å². The Balaban J connectivity index is 1.44. The van der Waals surface area contributed by atoms with Crippen molar-refractivity contribution in [1.29, 1.82) is 0 Å². The van der Waals surface area contributed by atoms with Crippen LogP contribution in [0.1, 0.15) is 35.2 Å². The van der Waals surface area contributed by atoms with Gasteiger partial charge in [-0.1, -0.05) is 42.5 Å². The fourth-order valence-electron chi connectivity index (χ4n) is 2.41. The Bertz CT molecular complexity index is 585. The largest absolute Gasteiger partial charge is 0.294 e. The zero-order valence-corrected chi connectivity index (χ0v) is 12.9. The third-order valence-corrected chi connectivity index (χ3v) is 4.91. The molecule has 2 heteroatoms. The topological polar surface area (TPSA) is 17.1 Å². The Kier molecular flexibility index (Phi) is 4.76. The summed E-state index contributed by atoms with van der Waals surface area (Å²) in [5.74, 6) is 1.76. The molecule has 0 spiro atoms. The van der Waals surface area contributed by atoms with Crippen LogP contribution in [0, 0.1) is 5.92 Å². The number of hydrogen-bond donors (Lipinski definition) is 0. The van der Waals surface area contributed by atoms with E-state index >= 15 is 0 Å². The second kappa shape index (κ2) is 6.95. The summed E-state index contributed by atoms with van der Waals surface area (Å²) in [6.07, 6.45) is 4.47. The van der Waals surface area contributed by atoms with Crippen molar-refractivity contribution in [3.63, 3.8) is 0 Å². The van der Waals surface area contributed by atoms with Gasteiger partial charge in [0.2, 0.25) is 0 Å². The molecule has 21 heavy (non-hydrogen) atoms. The first-order valence-corrected chi connectivity index (χ1v) is 8.62. The van der Waals surface area contributed by atoms with Crippen LogP contribution in [-0.2, 0) is 6.42 Å². The maximum Gasteiger partial charge on any atom is 0.165 e. The van der Waals surface area contributed by atoms with Gasteiger partial charge < -0.3 is 0 Å². The Morgan fingerprint density at radius 1 is 1.00 bits per heavy atom. The van der Waals surface area contributed by atoms with Gasteiger partial charge in [0, 0.05) is 16.4 Å². The van der Waals surface area contributed by atoms with Crippen LogP contribution in [0.25, 0.3) is 0 Å². The van der Waals surface area contributed by atoms with Crippen LogP contribution in [0.15, 0.2) is 59.5 Å². The van der Waals surface area contributed by atoms with Crippen molar-refractivity contribution in [2.45, 2.75) is 30.6 Å². The minimum Gasteiger partial charge on any atom is -0.294 e. The quantitative estimate of drug-likeness (QED) is 0.406. The molecule has 0 N–H and O–H groups in total. The van der Waals surface area contributed by atoms with Crippen LogP contribution in [0.2, 0.25) is 0 Å². The second-order valence-electron chi connectivity index (χ2n) is 5.60. The number of hydrogen-bond acceptors (Lipinski definition) is 2. The third kappa shape index (κ3) is 4.21. The monoisotopic (exact) mass is 296 g/mol. The van der Waals surface area contributed by atoms with Crippen molar-refractivity contribution in [3.05, 3.63) is 65.7 Å². The molecule has 0 heterocycles. The lowest BCUT2D eigenvalue weighted by Gasteiger charge is -2.04. The summed E-state index contributed by atoms with van der Waals surface area (Å²) in [5.41, 5.74) is 2.29. The summed E-state index contributed by atoms with van der Waals surface area (Å²) in [4.78, 5) is 13.2. The molecule has 108 valence electrons. The highest BCUT2D eigenvalue weighted by Crippen LogP contribution is 2.33. The van der Waals surface area contributed by atoms with E-state index in [2.05, 4.69) is 42.5 Å². The summed E-state index contributed by atoms with van der Waals surface area (Å²) in [5, 5.41) is 0. The first-order chi connectivity index (χ1) is 10.3. The van der Waals surface area contributed by atoms with Crippen LogP contribution in [0.3, 0.4) is 0 Å². The van der Waals surface area contributed by atoms with E-state index < -0.39 is 0 Å². The van der Waals surface area contributed by atoms with Gasteiger partial charge in [0.1, 0.15) is 0 Å². The molecule has 2 aromatic carbocycles. The Morgan fingerprint density at radius 3 is 2.38 bits per heavy atom. The van der Waals surface area contributed by atoms with Crippen molar-refractivity contribution >= 4 is 17.5 Å². The second-order valence-corrected chi connectivity index (χ2v) is 6.77. The zero-order valence-electron chi connectivity index (χ0n) is 12.1. The average molecular weight is 296 g/mol. The Morgan fingerprint density at radius 2 is 1.71 bits per heavy atom. The van der Waals surface area contributed by atoms with E-state index in [1.54, 1.807) is 0 Å². The van der Waals surface area contributed by atoms with Crippen molar-refractivity contribution in [2.75, 3.05) is 5.75 Å². The van der Waals surface area contributed by atoms with Crippen molar-refractivity contribution < 1.29 is 4.79 Å². The molecule has 2 aromatic rings. The molecular formula is C19H20OS. The number of thioether (sulfide) groups is 1. The molecule has 3 rings (SSSR count). The first-order valence-electron chi connectivity index (χ1n) is 7.64. The van der Waals surface area contributed by atoms with Gasteiger partial charge in [0.05, 0.1) is 0 Å². The van der Waals surface area contributed by atoms with E-state index in [4.69, 9.17) is 0 Å². The maximum atomic E-state index is 11.9. The van der Waals surface area contributed by atoms with Crippen molar-refractivity contribution in [1.82, 2.24) is 0 Å². The Labute approximate surface area is 130 Å². The van der Waals surface area contributed by atoms with Crippen molar-refractivity contribution in [3.8, 4) is 0 Å². The van der Waals surface area contributed by atoms with Gasteiger partial charge in [-0.05, 0) is 49.1 Å². The van der Waals surface area contributed by atoms with Crippen LogP contribution in [0.4, 0.5) is 0 Å². The van der Waals surface area contributed by atoms with Gasteiger partial charge >= 0.3 is 0 Å². The summed E-state index contributed by atoms with van der Waals surface area (Å²) in [7, 11) is 0. The normalized spacial score (nSPS) is 14.1. The maximum absolute atomic E-state index is 11.9. The number of carbonyl (C=O) groups is 1. The van der Waals surface area contributed by atoms with Crippen LogP contribution in [-0.4, -0.2) is 11.5 Å². The molecule has 0 atom stereocenters. The molecule has 0 saturated heterocycles. The predicted octanol–water partition coefficient (Wildman–Crippen LogP) is 5.00. The standard InChI is InChI=1S/C19H20OS/c20-19(16-8-9-16)17-10-12-18(13-11-17)21-14-4-7-15-5-2-1-3-6-15/h1-3,5-6,10-13,16H,4,7-9,14H2. The molecule has 1 saturated carbocycles. The molecule has 0 bridgehead atoms. The summed E-state index contributed by atoms with van der Waals surface area (Å²) < 4.78 is 0. The predicted molar refractivity (Wildman–Crippen MR) is 89.0 cm³/mol. The van der Waals surface area contributed by atoms with Crippen molar-refractivity contribution in [2.24, 2.45) is 5.92 Å². The van der Waals surface area contributed by atoms with E-state index in [-0.39, 0.29) is 0 Å². The zero-order chi connectivity index (χ0) is 14.5. The number of Topliss-reactive ketones (excluding diaryl/α,β-unsaturated/α-hetero) is 1. The lowest BCUT2D eigenvalue weighted by molar-refractivity contribution is 0.0967. The molecule has 1 aliphatic carbocycles. The fraction of sp³-hybridized carbons (Fsp3) is 0.316. The van der Waals surface area contributed by atoms with Gasteiger partial charge in [-0.2, -0.15) is 0 Å². The number of benzene rings is 2. The van der Waals surface area contributed by atoms with Gasteiger partial charge in [-0.3, -0.25) is 4.79 Å². The van der Waals surface area contributed by atoms with Crippen LogP contribution in [0.5, 0.6) is 0 Å². The molecule has 1 nitrogen and oxygen atoms in total. The molecule has 0 amide bonds. The highest BCUT2D eigenvalue weighted by atomic mass is 32.2. The third-order valence-electron chi connectivity index (χ3n) is 3.81. The molecule has 0 aliphatic heterocycles. The average Bonchev–Trinajstić information content (AvgIpc) is 3.37. The molecular weight excluding hydrogens is 276 g/mol. The number of ketones is 1. The van der Waals surface area contributed by atoms with E-state index in [1.807, 2.05) is 23.9 Å². The summed E-state index contributed by atoms with van der Waals surface area (Å²) in [6.45, 7) is 0. The highest BCUT2D eigenvalue weighted by molar-refractivity contribution is 7.99. The lowest BCUT2D eigenvalue weighted by Crippen LogP contribution is -2.00. The summed E-state index contributed by atoms with van der Waals surface area (Å²) in [6, 6.07) is 18.8. The molecule has 0 aromatic heterocycles. The first kappa shape index (κ1) is 14.4. The number of aryl methyl sites for hydroxylation is 1. The minimum atomic E-state index is 0.314. The van der Waals surface area contributed by atoms with Crippen LogP contribution < -0.4 is 0 Å². The lowest BCUT2D eigenvalue weighted by atomic mass is 10.1. The van der Waals surface area contributed by atoms with Gasteiger partial charge in [0.15, 0.2) is 5.78 Å². The van der Waals surface area contributed by atoms with Gasteiger partial charge in [0.25, 0.3) is 0 Å². The van der Waals surface area contributed by atoms with Gasteiger partial charge in [-0.15, -0.1) is 11.8 Å². The summed E-state index contributed by atoms with van der Waals surface area (Å²) >= 11 is 1.87. The highest BCUT2D eigenvalue weighted by Gasteiger charge is 2.30. The number of rotatable bonds is 7. The molecule has 0 unspecified atom stereocenters. The SMILES string of the molecule is O=C(c1ccc(SCCCc2ccccc2)cc1)C1CC1. The van der Waals surface area contributed by atoms with E-state index in [1.165, 1.54) is 16.9 Å². The van der Waals surface area contributed by atoms with Gasteiger partial charge in [-0.25, -0.2) is 0 Å². The fourth-order valence-corrected chi connectivity index (χ4v) is 3.26. The minimum absolute atomic E-state index is 0.314. The smallest absolute Gasteiger partial charge is 0.165 e. The van der Waals surface area contributed by atoms with E-state index in [9.17, 15) is 4.79 Å². The van der Waals surface area contributed by atoms with E-state index in [0.29, 0.717) is 11.7 Å². The Hall–Kier alpha value is -1.54. The number of carbonyl (C=O) groups excluding carboxylic acids is 1.